The van der Waals surface area contributed by atoms with E-state index in [-0.39, 0.29) is 69.5 Å². The molecule has 0 spiro atoms. The Hall–Kier alpha value is -0.420. The molecule has 3 atom stereocenters. The summed E-state index contributed by atoms with van der Waals surface area (Å²) in [5.74, 6) is 3.86. The van der Waals surface area contributed by atoms with E-state index in [0.717, 1.165) is 77.0 Å². The second kappa shape index (κ2) is 40.2. The van der Waals surface area contributed by atoms with E-state index in [0.29, 0.717) is 35.5 Å². The molecular weight excluding hydrogens is 1010 g/mol. The van der Waals surface area contributed by atoms with Gasteiger partial charge in [0.2, 0.25) is 0 Å². The van der Waals surface area contributed by atoms with E-state index in [4.69, 9.17) is 0 Å². The van der Waals surface area contributed by atoms with Crippen molar-refractivity contribution in [2.75, 3.05) is 0 Å². The largest absolute Gasteiger partial charge is 0.244 e. The van der Waals surface area contributed by atoms with E-state index in [2.05, 4.69) is 180 Å². The maximum Gasteiger partial charge on any atom is 0.118 e. The Kier molecular flexibility index (Phi) is 45.5. The Labute approximate surface area is 510 Å². The second-order valence-corrected chi connectivity index (χ2v) is 30.5. The predicted molar refractivity (Wildman–Crippen MR) is 359 cm³/mol. The van der Waals surface area contributed by atoms with Gasteiger partial charge in [0.25, 0.3) is 0 Å². The van der Waals surface area contributed by atoms with Gasteiger partial charge in [0, 0.05) is 16.2 Å². The second-order valence-electron chi connectivity index (χ2n) is 30.5. The van der Waals surface area contributed by atoms with Crippen LogP contribution in [0.1, 0.15) is 347 Å². The molecule has 0 aliphatic rings. The molecule has 3 unspecified atom stereocenters. The molecule has 6 heteroatoms. The lowest BCUT2D eigenvalue weighted by molar-refractivity contribution is -0.0946. The molecule has 498 valence electrons. The standard InChI is InChI=1S/C16H33F.C14H29F.2C12H25F.C11H23F.C10H21F/c1-10(2)14(11(3)4)16(9,17)15(12(5)6)13(7)8;1-8-12(5,9-2)14(7,15)13(6,10-3)11-4;1-8(2)11(9(3)4)12(7,13)10(5)6;1-6-10(7-2)12(5,13)11(8-3)9-4;1-7-10(5,8-2)11(6,12)9(3)4;1-6-9(7-2)10(5,11)8(3)4/h10-15H,1-9H3;8-11H2,1-7H3;8-11H,1-7H3;10-11H,6-9H2,1-5H3;9H,7-8H2,1-6H3;8-9H,6-7H2,1-5H3. The van der Waals surface area contributed by atoms with E-state index < -0.39 is 34.0 Å². The van der Waals surface area contributed by atoms with Crippen molar-refractivity contribution in [1.29, 1.82) is 0 Å². The Morgan fingerprint density at radius 3 is 0.531 bits per heavy atom. The van der Waals surface area contributed by atoms with Gasteiger partial charge < -0.3 is 0 Å². The summed E-state index contributed by atoms with van der Waals surface area (Å²) in [6.07, 6.45) is 11.2. The molecule has 0 saturated carbocycles. The Morgan fingerprint density at radius 1 is 0.235 bits per heavy atom. The number of halogens is 6. The van der Waals surface area contributed by atoms with Crippen molar-refractivity contribution in [2.24, 2.45) is 105 Å². The average molecular weight is 1170 g/mol. The molecule has 0 nitrogen and oxygen atoms in total. The molecule has 0 amide bonds. The van der Waals surface area contributed by atoms with Crippen molar-refractivity contribution < 1.29 is 26.3 Å². The first-order chi connectivity index (χ1) is 36.3. The molecule has 0 N–H and O–H groups in total. The zero-order valence-corrected chi connectivity index (χ0v) is 62.9. The van der Waals surface area contributed by atoms with Gasteiger partial charge in [0.1, 0.15) is 34.0 Å². The van der Waals surface area contributed by atoms with Crippen LogP contribution in [0.15, 0.2) is 0 Å². The van der Waals surface area contributed by atoms with Gasteiger partial charge in [-0.3, -0.25) is 0 Å². The predicted octanol–water partition coefficient (Wildman–Crippen LogP) is 27.8. The van der Waals surface area contributed by atoms with Crippen molar-refractivity contribution in [3.8, 4) is 0 Å². The summed E-state index contributed by atoms with van der Waals surface area (Å²) in [4.78, 5) is 0. The third kappa shape index (κ3) is 26.4. The Balaban J connectivity index is -0.000000210. The Bertz CT molecular complexity index is 1380. The lowest BCUT2D eigenvalue weighted by Crippen LogP contribution is -2.51. The van der Waals surface area contributed by atoms with Gasteiger partial charge in [0.05, 0.1) is 0 Å². The highest BCUT2D eigenvalue weighted by Gasteiger charge is 2.53. The van der Waals surface area contributed by atoms with Gasteiger partial charge in [-0.05, 0) is 169 Å². The maximum atomic E-state index is 15.4. The first-order valence-corrected chi connectivity index (χ1v) is 34.4. The fraction of sp³-hybridized carbons (Fsp3) is 1.00. The maximum absolute atomic E-state index is 15.4. The van der Waals surface area contributed by atoms with Crippen molar-refractivity contribution >= 4 is 0 Å². The summed E-state index contributed by atoms with van der Waals surface area (Å²) in [5, 5.41) is 0. The molecule has 0 bridgehead atoms. The SMILES string of the molecule is CC(C)C(C(C)C)C(C)(F)C(C(C)C)C(C)C.CC(C)C(C(C)C)C(C)(F)C(C)C.CCC(C)(CC)C(C)(F)C(C)(CC)CC.CCC(C)(CC)C(C)(F)C(C)C.CCC(CC)C(C)(F)C(C)C.CCC(CC)C(C)(F)C(CC)CC. The fourth-order valence-electron chi connectivity index (χ4n) is 15.1. The van der Waals surface area contributed by atoms with Crippen molar-refractivity contribution in [3.05, 3.63) is 0 Å². The summed E-state index contributed by atoms with van der Waals surface area (Å²) < 4.78 is 87.6. The topological polar surface area (TPSA) is 0 Å². The zero-order valence-electron chi connectivity index (χ0n) is 62.9. The van der Waals surface area contributed by atoms with E-state index in [1.54, 1.807) is 27.7 Å². The van der Waals surface area contributed by atoms with Crippen LogP contribution in [-0.4, -0.2) is 34.0 Å². The summed E-state index contributed by atoms with van der Waals surface area (Å²) in [7, 11) is 0. The molecule has 0 rings (SSSR count). The van der Waals surface area contributed by atoms with Gasteiger partial charge in [-0.1, -0.05) is 267 Å². The van der Waals surface area contributed by atoms with Crippen molar-refractivity contribution in [1.82, 2.24) is 0 Å². The molecule has 0 heterocycles. The van der Waals surface area contributed by atoms with E-state index in [9.17, 15) is 17.6 Å². The third-order valence-electron chi connectivity index (χ3n) is 23.1. The van der Waals surface area contributed by atoms with Crippen LogP contribution in [0.25, 0.3) is 0 Å². The van der Waals surface area contributed by atoms with Crippen LogP contribution < -0.4 is 0 Å². The molecule has 0 aromatic heterocycles. The fourth-order valence-corrected chi connectivity index (χ4v) is 15.1. The lowest BCUT2D eigenvalue weighted by Gasteiger charge is -2.51. The minimum Gasteiger partial charge on any atom is -0.244 e. The van der Waals surface area contributed by atoms with E-state index in [1.807, 2.05) is 62.3 Å². The van der Waals surface area contributed by atoms with Crippen LogP contribution in [-0.2, 0) is 0 Å². The van der Waals surface area contributed by atoms with E-state index >= 15 is 8.78 Å². The average Bonchev–Trinajstić information content (AvgIpc) is 3.33. The molecule has 0 aliphatic carbocycles. The van der Waals surface area contributed by atoms with Gasteiger partial charge >= 0.3 is 0 Å². The zero-order chi connectivity index (χ0) is 66.6. The highest BCUT2D eigenvalue weighted by Crippen LogP contribution is 2.54. The van der Waals surface area contributed by atoms with Crippen LogP contribution in [0.2, 0.25) is 0 Å². The number of alkyl halides is 6. The molecule has 0 saturated heterocycles. The molecule has 81 heavy (non-hydrogen) atoms. The van der Waals surface area contributed by atoms with Crippen LogP contribution in [0.4, 0.5) is 26.3 Å². The van der Waals surface area contributed by atoms with Crippen molar-refractivity contribution in [3.63, 3.8) is 0 Å². The van der Waals surface area contributed by atoms with E-state index in [1.165, 1.54) is 0 Å². The van der Waals surface area contributed by atoms with Crippen LogP contribution in [0.3, 0.4) is 0 Å². The molecule has 0 aromatic rings. The Morgan fingerprint density at radius 2 is 0.420 bits per heavy atom. The molecular formula is C75H156F6. The third-order valence-corrected chi connectivity index (χ3v) is 23.1. The molecule has 0 aliphatic heterocycles. The lowest BCUT2D eigenvalue weighted by atomic mass is 9.57. The summed E-state index contributed by atoms with van der Waals surface area (Å²) in [6, 6.07) is 0. The first kappa shape index (κ1) is 91.7. The minimum absolute atomic E-state index is 0.0994. The normalized spacial score (nSPS) is 15.6. The van der Waals surface area contributed by atoms with Gasteiger partial charge in [-0.15, -0.1) is 0 Å². The smallest absolute Gasteiger partial charge is 0.118 e. The van der Waals surface area contributed by atoms with Crippen molar-refractivity contribution in [2.45, 2.75) is 381 Å². The molecule has 0 radical (unpaired) electrons. The van der Waals surface area contributed by atoms with Crippen LogP contribution >= 0.6 is 0 Å². The van der Waals surface area contributed by atoms with Gasteiger partial charge in [0.15, 0.2) is 0 Å². The van der Waals surface area contributed by atoms with Crippen LogP contribution in [0.5, 0.6) is 0 Å². The molecule has 0 fully saturated rings. The van der Waals surface area contributed by atoms with Gasteiger partial charge in [-0.25, -0.2) is 26.3 Å². The first-order valence-electron chi connectivity index (χ1n) is 34.4. The quantitative estimate of drug-likeness (QED) is 0.0629. The summed E-state index contributed by atoms with van der Waals surface area (Å²) >= 11 is 0. The summed E-state index contributed by atoms with van der Waals surface area (Å²) in [6.45, 7) is 79.4. The number of hydrogen-bond acceptors (Lipinski definition) is 0. The monoisotopic (exact) mass is 1170 g/mol. The highest BCUT2D eigenvalue weighted by atomic mass is 19.2. The summed E-state index contributed by atoms with van der Waals surface area (Å²) in [5.41, 5.74) is -6.77. The minimum atomic E-state index is -1.09. The number of rotatable bonds is 30. The van der Waals surface area contributed by atoms with Gasteiger partial charge in [-0.2, -0.15) is 0 Å². The molecule has 0 aromatic carbocycles. The highest BCUT2D eigenvalue weighted by molar-refractivity contribution is 5.02. The van der Waals surface area contributed by atoms with Crippen LogP contribution in [0, 0.1) is 105 Å². The number of hydrogen-bond donors (Lipinski definition) is 0.